The average molecular weight is 363 g/mol. The molecule has 0 unspecified atom stereocenters. The van der Waals surface area contributed by atoms with Crippen LogP contribution >= 0.6 is 0 Å². The highest BCUT2D eigenvalue weighted by molar-refractivity contribution is 5.88. The van der Waals surface area contributed by atoms with Crippen molar-refractivity contribution >= 4 is 5.97 Å². The molecule has 0 bridgehead atoms. The van der Waals surface area contributed by atoms with Crippen molar-refractivity contribution in [3.05, 3.63) is 71.8 Å². The van der Waals surface area contributed by atoms with Crippen molar-refractivity contribution in [2.24, 2.45) is 0 Å². The largest absolute Gasteiger partial charge is 0.486 e. The molecule has 0 atom stereocenters. The molecule has 0 saturated heterocycles. The van der Waals surface area contributed by atoms with E-state index >= 15 is 0 Å². The lowest BCUT2D eigenvalue weighted by Crippen LogP contribution is -2.10. The SMILES string of the molecule is CC(C)(C)c1ccc(OCc2nccc(-c3cc(C(=O)O)ccn3)n2)cc1. The van der Waals surface area contributed by atoms with Gasteiger partial charge in [-0.05, 0) is 41.3 Å². The standard InChI is InChI=1S/C21H21N3O3/c1-21(2,3)15-4-6-16(7-5-15)27-13-19-23-11-9-17(24-19)18-12-14(20(25)26)8-10-22-18/h4-12H,13H2,1-3H3,(H,25,26). The Balaban J connectivity index is 1.73. The number of carboxylic acid groups (broad SMARTS) is 1. The fraction of sp³-hybridized carbons (Fsp3) is 0.238. The maximum atomic E-state index is 11.1. The van der Waals surface area contributed by atoms with E-state index in [4.69, 9.17) is 9.84 Å². The second-order valence-electron chi connectivity index (χ2n) is 7.16. The Hall–Kier alpha value is -3.28. The van der Waals surface area contributed by atoms with Gasteiger partial charge in [-0.2, -0.15) is 0 Å². The smallest absolute Gasteiger partial charge is 0.335 e. The zero-order valence-electron chi connectivity index (χ0n) is 15.5. The van der Waals surface area contributed by atoms with Crippen molar-refractivity contribution in [2.75, 3.05) is 0 Å². The van der Waals surface area contributed by atoms with Gasteiger partial charge in [0, 0.05) is 12.4 Å². The number of benzene rings is 1. The Bertz CT molecular complexity index is 947. The number of nitrogens with zero attached hydrogens (tertiary/aromatic N) is 3. The van der Waals surface area contributed by atoms with Gasteiger partial charge in [0.2, 0.25) is 0 Å². The summed E-state index contributed by atoms with van der Waals surface area (Å²) in [5, 5.41) is 9.11. The van der Waals surface area contributed by atoms with Crippen LogP contribution in [0.15, 0.2) is 54.9 Å². The Morgan fingerprint density at radius 3 is 2.37 bits per heavy atom. The summed E-state index contributed by atoms with van der Waals surface area (Å²) < 4.78 is 5.77. The van der Waals surface area contributed by atoms with Gasteiger partial charge >= 0.3 is 5.97 Å². The molecule has 0 amide bonds. The second kappa shape index (κ2) is 7.53. The lowest BCUT2D eigenvalue weighted by Gasteiger charge is -2.19. The van der Waals surface area contributed by atoms with Gasteiger partial charge < -0.3 is 9.84 Å². The van der Waals surface area contributed by atoms with Crippen molar-refractivity contribution in [3.63, 3.8) is 0 Å². The zero-order valence-corrected chi connectivity index (χ0v) is 15.5. The van der Waals surface area contributed by atoms with Gasteiger partial charge in [0.05, 0.1) is 17.0 Å². The number of hydrogen-bond acceptors (Lipinski definition) is 5. The molecule has 0 fully saturated rings. The monoisotopic (exact) mass is 363 g/mol. The molecule has 138 valence electrons. The molecule has 6 heteroatoms. The molecule has 1 aromatic carbocycles. The molecule has 27 heavy (non-hydrogen) atoms. The third kappa shape index (κ3) is 4.67. The molecule has 2 heterocycles. The zero-order chi connectivity index (χ0) is 19.4. The molecule has 0 aliphatic heterocycles. The molecule has 1 N–H and O–H groups in total. The number of aromatic nitrogens is 3. The van der Waals surface area contributed by atoms with Gasteiger partial charge in [0.25, 0.3) is 0 Å². The van der Waals surface area contributed by atoms with Crippen LogP contribution in [0, 0.1) is 0 Å². The summed E-state index contributed by atoms with van der Waals surface area (Å²) >= 11 is 0. The number of rotatable bonds is 5. The Morgan fingerprint density at radius 1 is 1.00 bits per heavy atom. The first-order chi connectivity index (χ1) is 12.8. The van der Waals surface area contributed by atoms with E-state index in [1.807, 2.05) is 24.3 Å². The molecule has 0 aliphatic rings. The maximum absolute atomic E-state index is 11.1. The third-order valence-electron chi connectivity index (χ3n) is 4.06. The summed E-state index contributed by atoms with van der Waals surface area (Å²) in [6.45, 7) is 6.70. The molecular weight excluding hydrogens is 342 g/mol. The fourth-order valence-electron chi connectivity index (χ4n) is 2.51. The van der Waals surface area contributed by atoms with Gasteiger partial charge in [0.15, 0.2) is 5.82 Å². The van der Waals surface area contributed by atoms with Crippen LogP contribution in [-0.4, -0.2) is 26.0 Å². The average Bonchev–Trinajstić information content (AvgIpc) is 2.66. The van der Waals surface area contributed by atoms with Gasteiger partial charge in [-0.3, -0.25) is 4.98 Å². The highest BCUT2D eigenvalue weighted by Gasteiger charge is 2.13. The molecule has 3 aromatic rings. The summed E-state index contributed by atoms with van der Waals surface area (Å²) in [6, 6.07) is 12.6. The van der Waals surface area contributed by atoms with Crippen molar-refractivity contribution in [1.29, 1.82) is 0 Å². The number of hydrogen-bond donors (Lipinski definition) is 1. The fourth-order valence-corrected chi connectivity index (χ4v) is 2.51. The summed E-state index contributed by atoms with van der Waals surface area (Å²) in [5.41, 5.74) is 2.52. The molecule has 6 nitrogen and oxygen atoms in total. The summed E-state index contributed by atoms with van der Waals surface area (Å²) in [4.78, 5) is 23.9. The molecule has 0 aliphatic carbocycles. The van der Waals surface area contributed by atoms with Gasteiger partial charge in [-0.25, -0.2) is 14.8 Å². The molecular formula is C21H21N3O3. The summed E-state index contributed by atoms with van der Waals surface area (Å²) in [5.74, 6) is 0.230. The van der Waals surface area contributed by atoms with E-state index in [2.05, 4.69) is 35.7 Å². The van der Waals surface area contributed by atoms with Crippen LogP contribution in [0.5, 0.6) is 5.75 Å². The number of carboxylic acids is 1. The minimum Gasteiger partial charge on any atom is -0.486 e. The Kier molecular flexibility index (Phi) is 5.16. The molecule has 0 radical (unpaired) electrons. The van der Waals surface area contributed by atoms with E-state index in [1.165, 1.54) is 23.9 Å². The van der Waals surface area contributed by atoms with Crippen LogP contribution in [0.1, 0.15) is 42.5 Å². The van der Waals surface area contributed by atoms with E-state index in [-0.39, 0.29) is 17.6 Å². The number of aromatic carboxylic acids is 1. The van der Waals surface area contributed by atoms with Crippen molar-refractivity contribution < 1.29 is 14.6 Å². The quantitative estimate of drug-likeness (QED) is 0.734. The number of carbonyl (C=O) groups is 1. The summed E-state index contributed by atoms with van der Waals surface area (Å²) in [6.07, 6.45) is 3.06. The first-order valence-electron chi connectivity index (χ1n) is 8.58. The van der Waals surface area contributed by atoms with E-state index in [9.17, 15) is 4.79 Å². The van der Waals surface area contributed by atoms with Gasteiger partial charge in [-0.15, -0.1) is 0 Å². The maximum Gasteiger partial charge on any atom is 0.335 e. The van der Waals surface area contributed by atoms with Crippen LogP contribution in [-0.2, 0) is 12.0 Å². The molecule has 2 aromatic heterocycles. The highest BCUT2D eigenvalue weighted by Crippen LogP contribution is 2.24. The molecule has 0 saturated carbocycles. The van der Waals surface area contributed by atoms with E-state index in [0.717, 1.165) is 5.75 Å². The lowest BCUT2D eigenvalue weighted by atomic mass is 9.87. The van der Waals surface area contributed by atoms with Crippen LogP contribution in [0.3, 0.4) is 0 Å². The first-order valence-corrected chi connectivity index (χ1v) is 8.58. The van der Waals surface area contributed by atoms with Crippen molar-refractivity contribution in [3.8, 4) is 17.1 Å². The minimum atomic E-state index is -1.00. The first kappa shape index (κ1) is 18.5. The van der Waals surface area contributed by atoms with Crippen LogP contribution in [0.25, 0.3) is 11.4 Å². The van der Waals surface area contributed by atoms with Gasteiger partial charge in [-0.1, -0.05) is 32.9 Å². The predicted molar refractivity (Wildman–Crippen MR) is 102 cm³/mol. The van der Waals surface area contributed by atoms with E-state index < -0.39 is 5.97 Å². The van der Waals surface area contributed by atoms with Crippen LogP contribution in [0.4, 0.5) is 0 Å². The van der Waals surface area contributed by atoms with Crippen molar-refractivity contribution in [2.45, 2.75) is 32.8 Å². The Labute approximate surface area is 157 Å². The molecule has 0 spiro atoms. The van der Waals surface area contributed by atoms with Crippen LogP contribution in [0.2, 0.25) is 0 Å². The highest BCUT2D eigenvalue weighted by atomic mass is 16.5. The number of pyridine rings is 1. The predicted octanol–water partition coefficient (Wildman–Crippen LogP) is 4.11. The topological polar surface area (TPSA) is 85.2 Å². The Morgan fingerprint density at radius 2 is 1.70 bits per heavy atom. The second-order valence-corrected chi connectivity index (χ2v) is 7.16. The third-order valence-corrected chi connectivity index (χ3v) is 4.06. The molecule has 3 rings (SSSR count). The van der Waals surface area contributed by atoms with E-state index in [1.54, 1.807) is 12.3 Å². The van der Waals surface area contributed by atoms with Crippen molar-refractivity contribution in [1.82, 2.24) is 15.0 Å². The lowest BCUT2D eigenvalue weighted by molar-refractivity contribution is 0.0697. The van der Waals surface area contributed by atoms with Gasteiger partial charge in [0.1, 0.15) is 12.4 Å². The van der Waals surface area contributed by atoms with E-state index in [0.29, 0.717) is 17.2 Å². The van der Waals surface area contributed by atoms with Crippen LogP contribution < -0.4 is 4.74 Å². The number of ether oxygens (including phenoxy) is 1. The summed E-state index contributed by atoms with van der Waals surface area (Å²) in [7, 11) is 0. The minimum absolute atomic E-state index is 0.0907. The normalized spacial score (nSPS) is 11.2.